The summed E-state index contributed by atoms with van der Waals surface area (Å²) in [4.78, 5) is 24.0. The smallest absolute Gasteiger partial charge is 0.288 e. The Balaban J connectivity index is 1.93. The molecule has 4 N–H and O–H groups in total. The van der Waals surface area contributed by atoms with Gasteiger partial charge in [0.2, 0.25) is 5.78 Å². The molecule has 124 valence electrons. The zero-order valence-electron chi connectivity index (χ0n) is 12.6. The highest BCUT2D eigenvalue weighted by Gasteiger charge is 2.30. The minimum absolute atomic E-state index is 0.0208. The van der Waals surface area contributed by atoms with Gasteiger partial charge >= 0.3 is 0 Å². The molecule has 0 heterocycles. The lowest BCUT2D eigenvalue weighted by atomic mass is 10.1. The number of nitrogens with two attached hydrogens (primary N) is 1. The zero-order chi connectivity index (χ0) is 17.0. The number of carbonyl (C=O) groups excluding carboxylic acids is 2. The molecule has 1 saturated carbocycles. The van der Waals surface area contributed by atoms with Crippen molar-refractivity contribution in [1.82, 2.24) is 10.6 Å². The van der Waals surface area contributed by atoms with Gasteiger partial charge in [-0.2, -0.15) is 0 Å². The Hall–Kier alpha value is -2.08. The van der Waals surface area contributed by atoms with Crippen LogP contribution < -0.4 is 16.4 Å². The van der Waals surface area contributed by atoms with Gasteiger partial charge in [-0.3, -0.25) is 9.59 Å². The first-order valence-electron chi connectivity index (χ1n) is 7.35. The SMILES string of the molecule is C=C(N)N[C@H]1CCC[C@@H]1NC(=O)C(=O)Cc1ccc(Cl)c(F)c1. The van der Waals surface area contributed by atoms with Crippen molar-refractivity contribution in [2.45, 2.75) is 37.8 Å². The third-order valence-electron chi connectivity index (χ3n) is 3.81. The quantitative estimate of drug-likeness (QED) is 0.688. The van der Waals surface area contributed by atoms with Crippen LogP contribution in [0.2, 0.25) is 5.02 Å². The summed E-state index contributed by atoms with van der Waals surface area (Å²) in [6.45, 7) is 3.58. The number of Topliss-reactive ketones (excluding diaryl/α,β-unsaturated/α-hetero) is 1. The van der Waals surface area contributed by atoms with E-state index in [1.54, 1.807) is 0 Å². The molecule has 7 heteroatoms. The first-order chi connectivity index (χ1) is 10.9. The van der Waals surface area contributed by atoms with Gasteiger partial charge in [0.05, 0.1) is 10.8 Å². The molecule has 1 aromatic rings. The van der Waals surface area contributed by atoms with E-state index in [0.717, 1.165) is 25.3 Å². The highest BCUT2D eigenvalue weighted by atomic mass is 35.5. The molecule has 0 radical (unpaired) electrons. The molecule has 0 bridgehead atoms. The molecule has 23 heavy (non-hydrogen) atoms. The van der Waals surface area contributed by atoms with Crippen LogP contribution in [0.3, 0.4) is 0 Å². The molecule has 1 fully saturated rings. The number of halogens is 2. The van der Waals surface area contributed by atoms with Crippen molar-refractivity contribution in [3.8, 4) is 0 Å². The molecule has 1 aliphatic carbocycles. The van der Waals surface area contributed by atoms with E-state index in [1.807, 2.05) is 0 Å². The maximum atomic E-state index is 13.4. The number of hydrogen-bond acceptors (Lipinski definition) is 4. The van der Waals surface area contributed by atoms with Gasteiger partial charge in [0.15, 0.2) is 0 Å². The van der Waals surface area contributed by atoms with E-state index in [0.29, 0.717) is 11.4 Å². The Morgan fingerprint density at radius 2 is 1.96 bits per heavy atom. The Kier molecular flexibility index (Phi) is 5.60. The average Bonchev–Trinajstić information content (AvgIpc) is 2.89. The maximum Gasteiger partial charge on any atom is 0.288 e. The molecule has 2 atom stereocenters. The largest absolute Gasteiger partial charge is 0.386 e. The van der Waals surface area contributed by atoms with E-state index < -0.39 is 17.5 Å². The lowest BCUT2D eigenvalue weighted by Gasteiger charge is -2.22. The van der Waals surface area contributed by atoms with Crippen LogP contribution in [0.15, 0.2) is 30.6 Å². The van der Waals surface area contributed by atoms with Gasteiger partial charge in [0, 0.05) is 18.5 Å². The van der Waals surface area contributed by atoms with Crippen molar-refractivity contribution in [2.24, 2.45) is 5.73 Å². The Bertz CT molecular complexity index is 636. The van der Waals surface area contributed by atoms with Crippen LogP contribution in [0.4, 0.5) is 4.39 Å². The van der Waals surface area contributed by atoms with Crippen LogP contribution in [0.5, 0.6) is 0 Å². The molecule has 5 nitrogen and oxygen atoms in total. The summed E-state index contributed by atoms with van der Waals surface area (Å²) in [6.07, 6.45) is 2.36. The van der Waals surface area contributed by atoms with Crippen LogP contribution >= 0.6 is 11.6 Å². The first kappa shape index (κ1) is 17.3. The van der Waals surface area contributed by atoms with E-state index in [4.69, 9.17) is 17.3 Å². The van der Waals surface area contributed by atoms with Crippen molar-refractivity contribution < 1.29 is 14.0 Å². The molecule has 1 aromatic carbocycles. The number of rotatable bonds is 6. The number of nitrogens with one attached hydrogen (secondary N) is 2. The molecule has 0 unspecified atom stereocenters. The van der Waals surface area contributed by atoms with E-state index in [9.17, 15) is 14.0 Å². The average molecular weight is 340 g/mol. The molecular weight excluding hydrogens is 321 g/mol. The van der Waals surface area contributed by atoms with E-state index in [1.165, 1.54) is 12.1 Å². The van der Waals surface area contributed by atoms with Gasteiger partial charge < -0.3 is 16.4 Å². The Labute approximate surface area is 139 Å². The van der Waals surface area contributed by atoms with Crippen LogP contribution in [-0.4, -0.2) is 23.8 Å². The fraction of sp³-hybridized carbons (Fsp3) is 0.375. The fourth-order valence-electron chi connectivity index (χ4n) is 2.71. The summed E-state index contributed by atoms with van der Waals surface area (Å²) in [6, 6.07) is 3.84. The van der Waals surface area contributed by atoms with E-state index >= 15 is 0 Å². The minimum atomic E-state index is -0.679. The topological polar surface area (TPSA) is 84.2 Å². The van der Waals surface area contributed by atoms with E-state index in [-0.39, 0.29) is 23.5 Å². The normalized spacial score (nSPS) is 20.1. The summed E-state index contributed by atoms with van der Waals surface area (Å²) in [7, 11) is 0. The Morgan fingerprint density at radius 1 is 1.30 bits per heavy atom. The van der Waals surface area contributed by atoms with Crippen molar-refractivity contribution in [3.63, 3.8) is 0 Å². The molecule has 1 amide bonds. The van der Waals surface area contributed by atoms with Gasteiger partial charge in [0.1, 0.15) is 5.82 Å². The van der Waals surface area contributed by atoms with Crippen LogP contribution in [0.25, 0.3) is 0 Å². The molecule has 1 aliphatic rings. The number of benzene rings is 1. The lowest BCUT2D eigenvalue weighted by Crippen LogP contribution is -2.49. The second-order valence-corrected chi connectivity index (χ2v) is 6.04. The molecular formula is C16H19ClFN3O2. The van der Waals surface area contributed by atoms with Gasteiger partial charge in [-0.1, -0.05) is 24.2 Å². The summed E-state index contributed by atoms with van der Waals surface area (Å²) in [5.74, 6) is -1.58. The second kappa shape index (κ2) is 7.46. The number of hydrogen-bond donors (Lipinski definition) is 3. The highest BCUT2D eigenvalue weighted by molar-refractivity contribution is 6.36. The van der Waals surface area contributed by atoms with Gasteiger partial charge in [-0.25, -0.2) is 4.39 Å². The summed E-state index contributed by atoms with van der Waals surface area (Å²) < 4.78 is 13.4. The van der Waals surface area contributed by atoms with E-state index in [2.05, 4.69) is 17.2 Å². The highest BCUT2D eigenvalue weighted by Crippen LogP contribution is 2.20. The molecule has 0 saturated heterocycles. The maximum absolute atomic E-state index is 13.4. The van der Waals surface area contributed by atoms with Gasteiger partial charge in [-0.15, -0.1) is 0 Å². The molecule has 0 spiro atoms. The predicted molar refractivity (Wildman–Crippen MR) is 86.2 cm³/mol. The number of carbonyl (C=O) groups is 2. The molecule has 0 aromatic heterocycles. The van der Waals surface area contributed by atoms with Crippen LogP contribution in [0.1, 0.15) is 24.8 Å². The standard InChI is InChI=1S/C16H19ClFN3O2/c1-9(19)20-13-3-2-4-14(13)21-16(23)15(22)8-10-5-6-11(17)12(18)7-10/h5-7,13-14,20H,1-4,8,19H2,(H,21,23)/t13-,14-/m0/s1. The predicted octanol–water partition coefficient (Wildman–Crippen LogP) is 1.65. The third kappa shape index (κ3) is 4.69. The third-order valence-corrected chi connectivity index (χ3v) is 4.11. The van der Waals surface area contributed by atoms with Crippen molar-refractivity contribution >= 4 is 23.3 Å². The number of ketones is 1. The summed E-state index contributed by atoms with van der Waals surface area (Å²) in [5, 5.41) is 5.68. The summed E-state index contributed by atoms with van der Waals surface area (Å²) in [5.41, 5.74) is 5.93. The molecule has 2 rings (SSSR count). The Morgan fingerprint density at radius 3 is 2.57 bits per heavy atom. The van der Waals surface area contributed by atoms with Gasteiger partial charge in [0.25, 0.3) is 5.91 Å². The number of amides is 1. The van der Waals surface area contributed by atoms with Crippen LogP contribution in [-0.2, 0) is 16.0 Å². The fourth-order valence-corrected chi connectivity index (χ4v) is 2.83. The van der Waals surface area contributed by atoms with Crippen molar-refractivity contribution in [2.75, 3.05) is 0 Å². The first-order valence-corrected chi connectivity index (χ1v) is 7.73. The van der Waals surface area contributed by atoms with Crippen LogP contribution in [0, 0.1) is 5.82 Å². The lowest BCUT2D eigenvalue weighted by molar-refractivity contribution is -0.138. The van der Waals surface area contributed by atoms with Gasteiger partial charge in [-0.05, 0) is 37.0 Å². The zero-order valence-corrected chi connectivity index (χ0v) is 13.3. The monoisotopic (exact) mass is 339 g/mol. The van der Waals surface area contributed by atoms with Crippen molar-refractivity contribution in [1.29, 1.82) is 0 Å². The summed E-state index contributed by atoms with van der Waals surface area (Å²) >= 11 is 5.59. The molecule has 0 aliphatic heterocycles. The minimum Gasteiger partial charge on any atom is -0.386 e. The van der Waals surface area contributed by atoms with Crippen molar-refractivity contribution in [3.05, 3.63) is 47.0 Å². The second-order valence-electron chi connectivity index (χ2n) is 5.64.